The molecule has 7 heteroatoms. The molecule has 0 heterocycles. The summed E-state index contributed by atoms with van der Waals surface area (Å²) in [7, 11) is -3.28. The van der Waals surface area contributed by atoms with E-state index in [1.54, 1.807) is 24.3 Å². The van der Waals surface area contributed by atoms with Gasteiger partial charge in [-0.3, -0.25) is 4.72 Å². The van der Waals surface area contributed by atoms with Crippen molar-refractivity contribution < 1.29 is 13.2 Å². The van der Waals surface area contributed by atoms with E-state index >= 15 is 0 Å². The molecule has 20 heavy (non-hydrogen) atoms. The molecule has 3 N–H and O–H groups in total. The second-order valence-electron chi connectivity index (χ2n) is 4.54. The van der Waals surface area contributed by atoms with Crippen LogP contribution in [-0.4, -0.2) is 27.2 Å². The molecule has 112 valence electrons. The first-order valence-corrected chi connectivity index (χ1v) is 8.42. The van der Waals surface area contributed by atoms with E-state index in [4.69, 9.17) is 0 Å². The summed E-state index contributed by atoms with van der Waals surface area (Å²) >= 11 is 0. The van der Waals surface area contributed by atoms with Gasteiger partial charge in [-0.15, -0.1) is 0 Å². The molecule has 0 radical (unpaired) electrons. The third-order valence-electron chi connectivity index (χ3n) is 2.51. The van der Waals surface area contributed by atoms with Crippen LogP contribution in [0.3, 0.4) is 0 Å². The van der Waals surface area contributed by atoms with E-state index in [9.17, 15) is 13.2 Å². The lowest BCUT2D eigenvalue weighted by atomic mass is 10.2. The summed E-state index contributed by atoms with van der Waals surface area (Å²) in [5.74, 6) is 0. The molecule has 1 rings (SSSR count). The number of rotatable bonds is 7. The van der Waals surface area contributed by atoms with E-state index < -0.39 is 10.0 Å². The number of carbonyl (C=O) groups is 1. The SMILES string of the molecule is CCCCCNC(=O)Nc1ccc(NS(C)(=O)=O)cc1. The number of nitrogens with one attached hydrogen (secondary N) is 3. The lowest BCUT2D eigenvalue weighted by Crippen LogP contribution is -2.29. The number of unbranched alkanes of at least 4 members (excludes halogenated alkanes) is 2. The van der Waals surface area contributed by atoms with Crippen LogP contribution in [0.15, 0.2) is 24.3 Å². The lowest BCUT2D eigenvalue weighted by molar-refractivity contribution is 0.252. The van der Waals surface area contributed by atoms with Gasteiger partial charge in [0.1, 0.15) is 0 Å². The first-order valence-electron chi connectivity index (χ1n) is 6.53. The highest BCUT2D eigenvalue weighted by molar-refractivity contribution is 7.92. The fraction of sp³-hybridized carbons (Fsp3) is 0.462. The van der Waals surface area contributed by atoms with Crippen molar-refractivity contribution in [3.63, 3.8) is 0 Å². The van der Waals surface area contributed by atoms with Crippen LogP contribution < -0.4 is 15.4 Å². The van der Waals surface area contributed by atoms with E-state index in [2.05, 4.69) is 22.3 Å². The van der Waals surface area contributed by atoms with Gasteiger partial charge in [-0.2, -0.15) is 0 Å². The molecular formula is C13H21N3O3S. The first-order chi connectivity index (χ1) is 9.40. The number of hydrogen-bond acceptors (Lipinski definition) is 3. The molecule has 0 saturated heterocycles. The highest BCUT2D eigenvalue weighted by atomic mass is 32.2. The minimum absolute atomic E-state index is 0.259. The fourth-order valence-electron chi connectivity index (χ4n) is 1.59. The van der Waals surface area contributed by atoms with E-state index in [1.165, 1.54) is 0 Å². The Morgan fingerprint density at radius 2 is 1.70 bits per heavy atom. The molecule has 0 aliphatic heterocycles. The maximum absolute atomic E-state index is 11.6. The summed E-state index contributed by atoms with van der Waals surface area (Å²) in [5.41, 5.74) is 1.07. The molecule has 0 fully saturated rings. The monoisotopic (exact) mass is 299 g/mol. The highest BCUT2D eigenvalue weighted by Crippen LogP contribution is 2.14. The lowest BCUT2D eigenvalue weighted by Gasteiger charge is -2.08. The number of hydrogen-bond donors (Lipinski definition) is 3. The maximum Gasteiger partial charge on any atom is 0.319 e. The van der Waals surface area contributed by atoms with Crippen LogP contribution in [0.5, 0.6) is 0 Å². The molecule has 0 aliphatic rings. The van der Waals surface area contributed by atoms with E-state index in [-0.39, 0.29) is 6.03 Å². The number of amides is 2. The number of sulfonamides is 1. The van der Waals surface area contributed by atoms with Crippen molar-refractivity contribution in [2.75, 3.05) is 22.8 Å². The molecule has 1 aromatic carbocycles. The second kappa shape index (κ2) is 7.74. The van der Waals surface area contributed by atoms with Crippen LogP contribution in [-0.2, 0) is 10.0 Å². The Morgan fingerprint density at radius 1 is 1.10 bits per heavy atom. The molecule has 0 atom stereocenters. The average Bonchev–Trinajstić information content (AvgIpc) is 2.35. The molecule has 0 bridgehead atoms. The van der Waals surface area contributed by atoms with Gasteiger partial charge in [0.05, 0.1) is 6.26 Å². The van der Waals surface area contributed by atoms with Crippen LogP contribution in [0.4, 0.5) is 16.2 Å². The molecule has 0 aromatic heterocycles. The molecule has 1 aromatic rings. The molecule has 0 saturated carbocycles. The largest absolute Gasteiger partial charge is 0.338 e. The summed E-state index contributed by atoms with van der Waals surface area (Å²) in [6.45, 7) is 2.75. The minimum atomic E-state index is -3.28. The van der Waals surface area contributed by atoms with Gasteiger partial charge in [-0.05, 0) is 30.7 Å². The van der Waals surface area contributed by atoms with E-state index in [1.807, 2.05) is 0 Å². The Bertz CT molecular complexity index is 526. The molecule has 6 nitrogen and oxygen atoms in total. The summed E-state index contributed by atoms with van der Waals surface area (Å²) in [4.78, 5) is 11.6. The summed E-state index contributed by atoms with van der Waals surface area (Å²) in [6, 6.07) is 6.20. The van der Waals surface area contributed by atoms with Crippen molar-refractivity contribution in [2.45, 2.75) is 26.2 Å². The molecular weight excluding hydrogens is 278 g/mol. The third kappa shape index (κ3) is 6.98. The zero-order valence-electron chi connectivity index (χ0n) is 11.8. The topological polar surface area (TPSA) is 87.3 Å². The molecule has 0 aliphatic carbocycles. The number of benzene rings is 1. The normalized spacial score (nSPS) is 10.9. The maximum atomic E-state index is 11.6. The zero-order chi connectivity index (χ0) is 15.0. The Kier molecular flexibility index (Phi) is 6.30. The quantitative estimate of drug-likeness (QED) is 0.675. The molecule has 0 spiro atoms. The molecule has 0 unspecified atom stereocenters. The number of urea groups is 1. The highest BCUT2D eigenvalue weighted by Gasteiger charge is 2.03. The predicted octanol–water partition coefficient (Wildman–Crippen LogP) is 2.37. The van der Waals surface area contributed by atoms with Crippen molar-refractivity contribution >= 4 is 27.4 Å². The summed E-state index contributed by atoms with van der Waals surface area (Å²) < 4.78 is 24.4. The van der Waals surface area contributed by atoms with Gasteiger partial charge in [0.2, 0.25) is 10.0 Å². The Hall–Kier alpha value is -1.76. The molecule has 2 amide bonds. The number of anilines is 2. The van der Waals surface area contributed by atoms with Gasteiger partial charge in [0, 0.05) is 17.9 Å². The van der Waals surface area contributed by atoms with Crippen molar-refractivity contribution in [3.8, 4) is 0 Å². The van der Waals surface area contributed by atoms with Gasteiger partial charge < -0.3 is 10.6 Å². The smallest absolute Gasteiger partial charge is 0.319 e. The van der Waals surface area contributed by atoms with E-state index in [0.717, 1.165) is 25.5 Å². The van der Waals surface area contributed by atoms with Gasteiger partial charge in [-0.25, -0.2) is 13.2 Å². The average molecular weight is 299 g/mol. The fourth-order valence-corrected chi connectivity index (χ4v) is 2.15. The standard InChI is InChI=1S/C13H21N3O3S/c1-3-4-5-10-14-13(17)15-11-6-8-12(9-7-11)16-20(2,18)19/h6-9,16H,3-5,10H2,1-2H3,(H2,14,15,17). The van der Waals surface area contributed by atoms with Gasteiger partial charge in [0.25, 0.3) is 0 Å². The van der Waals surface area contributed by atoms with Crippen molar-refractivity contribution in [3.05, 3.63) is 24.3 Å². The first kappa shape index (κ1) is 16.3. The third-order valence-corrected chi connectivity index (χ3v) is 3.12. The Labute approximate surface area is 120 Å². The van der Waals surface area contributed by atoms with Crippen LogP contribution in [0, 0.1) is 0 Å². The van der Waals surface area contributed by atoms with Crippen LogP contribution in [0.25, 0.3) is 0 Å². The van der Waals surface area contributed by atoms with Crippen LogP contribution in [0.1, 0.15) is 26.2 Å². The van der Waals surface area contributed by atoms with Crippen LogP contribution >= 0.6 is 0 Å². The second-order valence-corrected chi connectivity index (χ2v) is 6.29. The summed E-state index contributed by atoms with van der Waals surface area (Å²) in [6.07, 6.45) is 4.24. The van der Waals surface area contributed by atoms with Crippen molar-refractivity contribution in [1.82, 2.24) is 5.32 Å². The van der Waals surface area contributed by atoms with E-state index in [0.29, 0.717) is 17.9 Å². The summed E-state index contributed by atoms with van der Waals surface area (Å²) in [5, 5.41) is 5.44. The predicted molar refractivity (Wildman–Crippen MR) is 81.5 cm³/mol. The van der Waals surface area contributed by atoms with Gasteiger partial charge >= 0.3 is 6.03 Å². The van der Waals surface area contributed by atoms with Crippen molar-refractivity contribution in [2.24, 2.45) is 0 Å². The Morgan fingerprint density at radius 3 is 2.25 bits per heavy atom. The zero-order valence-corrected chi connectivity index (χ0v) is 12.6. The van der Waals surface area contributed by atoms with Crippen molar-refractivity contribution in [1.29, 1.82) is 0 Å². The minimum Gasteiger partial charge on any atom is -0.338 e. The Balaban J connectivity index is 2.43. The van der Waals surface area contributed by atoms with Crippen LogP contribution in [0.2, 0.25) is 0 Å². The van der Waals surface area contributed by atoms with Gasteiger partial charge in [-0.1, -0.05) is 19.8 Å². The van der Waals surface area contributed by atoms with Gasteiger partial charge in [0.15, 0.2) is 0 Å². The number of carbonyl (C=O) groups excluding carboxylic acids is 1.